The fraction of sp³-hybridized carbons (Fsp3) is 0.500. The number of urea groups is 1. The molecular weight excluding hydrogens is 284 g/mol. The average molecular weight is 306 g/mol. The summed E-state index contributed by atoms with van der Waals surface area (Å²) in [4.78, 5) is 25.2. The first-order chi connectivity index (χ1) is 10.6. The van der Waals surface area contributed by atoms with Crippen LogP contribution in [0.25, 0.3) is 0 Å². The van der Waals surface area contributed by atoms with Crippen molar-refractivity contribution in [3.8, 4) is 5.75 Å². The first kappa shape index (κ1) is 16.1. The molecule has 0 bridgehead atoms. The van der Waals surface area contributed by atoms with Crippen LogP contribution < -0.4 is 10.1 Å². The van der Waals surface area contributed by atoms with Gasteiger partial charge in [-0.25, -0.2) is 9.59 Å². The number of nitrogens with one attached hydrogen (secondary N) is 1. The highest BCUT2D eigenvalue weighted by Gasteiger charge is 2.23. The van der Waals surface area contributed by atoms with E-state index in [2.05, 4.69) is 17.0 Å². The Morgan fingerprint density at radius 3 is 2.91 bits per heavy atom. The van der Waals surface area contributed by atoms with Gasteiger partial charge in [0.15, 0.2) is 6.61 Å². The summed E-state index contributed by atoms with van der Waals surface area (Å²) in [6, 6.07) is 7.13. The molecule has 0 aliphatic carbocycles. The second-order valence-corrected chi connectivity index (χ2v) is 5.36. The molecule has 1 fully saturated rings. The van der Waals surface area contributed by atoms with E-state index in [1.807, 2.05) is 4.90 Å². The van der Waals surface area contributed by atoms with Crippen LogP contribution in [0.1, 0.15) is 26.2 Å². The summed E-state index contributed by atoms with van der Waals surface area (Å²) in [6.45, 7) is 2.69. The van der Waals surface area contributed by atoms with Crippen LogP contribution in [0.2, 0.25) is 0 Å². The average Bonchev–Trinajstić information content (AvgIpc) is 2.53. The number of esters is 1. The van der Waals surface area contributed by atoms with Crippen molar-refractivity contribution in [1.82, 2.24) is 4.90 Å². The van der Waals surface area contributed by atoms with Gasteiger partial charge in [-0.2, -0.15) is 0 Å². The number of piperidine rings is 1. The molecule has 6 nitrogen and oxygen atoms in total. The predicted molar refractivity (Wildman–Crippen MR) is 83.0 cm³/mol. The van der Waals surface area contributed by atoms with Crippen LogP contribution >= 0.6 is 0 Å². The molecular formula is C16H22N2O4. The van der Waals surface area contributed by atoms with Crippen LogP contribution in [0.4, 0.5) is 10.5 Å². The van der Waals surface area contributed by atoms with E-state index in [1.54, 1.807) is 24.3 Å². The number of methoxy groups -OCH3 is 1. The van der Waals surface area contributed by atoms with Crippen LogP contribution in [0.15, 0.2) is 24.3 Å². The van der Waals surface area contributed by atoms with Gasteiger partial charge < -0.3 is 19.7 Å². The Kier molecular flexibility index (Phi) is 5.63. The maximum atomic E-state index is 12.3. The van der Waals surface area contributed by atoms with Crippen LogP contribution in [0, 0.1) is 0 Å². The molecule has 1 atom stereocenters. The third-order valence-corrected chi connectivity index (χ3v) is 3.73. The van der Waals surface area contributed by atoms with Crippen LogP contribution in [0.5, 0.6) is 5.75 Å². The molecule has 2 rings (SSSR count). The minimum atomic E-state index is -0.448. The van der Waals surface area contributed by atoms with E-state index in [-0.39, 0.29) is 18.7 Å². The summed E-state index contributed by atoms with van der Waals surface area (Å²) in [5.41, 5.74) is 0.644. The van der Waals surface area contributed by atoms with E-state index in [0.717, 1.165) is 19.4 Å². The summed E-state index contributed by atoms with van der Waals surface area (Å²) < 4.78 is 9.83. The molecule has 0 radical (unpaired) electrons. The summed E-state index contributed by atoms with van der Waals surface area (Å²) in [5, 5.41) is 2.87. The predicted octanol–water partition coefficient (Wildman–Crippen LogP) is 2.64. The molecule has 1 aromatic rings. The third-order valence-electron chi connectivity index (χ3n) is 3.73. The van der Waals surface area contributed by atoms with E-state index < -0.39 is 5.97 Å². The monoisotopic (exact) mass is 306 g/mol. The molecule has 120 valence electrons. The molecule has 22 heavy (non-hydrogen) atoms. The molecule has 1 aromatic carbocycles. The maximum Gasteiger partial charge on any atom is 0.343 e. The Morgan fingerprint density at radius 2 is 2.18 bits per heavy atom. The van der Waals surface area contributed by atoms with Gasteiger partial charge >= 0.3 is 12.0 Å². The second kappa shape index (κ2) is 7.68. The number of rotatable bonds is 4. The minimum Gasteiger partial charge on any atom is -0.482 e. The minimum absolute atomic E-state index is 0.0997. The zero-order valence-corrected chi connectivity index (χ0v) is 13.0. The summed E-state index contributed by atoms with van der Waals surface area (Å²) in [6.07, 6.45) is 3.25. The van der Waals surface area contributed by atoms with Gasteiger partial charge in [0.1, 0.15) is 5.75 Å². The van der Waals surface area contributed by atoms with E-state index >= 15 is 0 Å². The fourth-order valence-electron chi connectivity index (χ4n) is 2.46. The molecule has 0 unspecified atom stereocenters. The van der Waals surface area contributed by atoms with Crippen molar-refractivity contribution in [1.29, 1.82) is 0 Å². The molecule has 0 spiro atoms. The Balaban J connectivity index is 1.94. The quantitative estimate of drug-likeness (QED) is 0.868. The molecule has 1 aliphatic rings. The van der Waals surface area contributed by atoms with Crippen molar-refractivity contribution in [2.24, 2.45) is 0 Å². The number of hydrogen-bond donors (Lipinski definition) is 1. The number of carbonyl (C=O) groups excluding carboxylic acids is 2. The van der Waals surface area contributed by atoms with Gasteiger partial charge in [-0.3, -0.25) is 0 Å². The highest BCUT2D eigenvalue weighted by molar-refractivity contribution is 5.89. The number of carbonyl (C=O) groups is 2. The SMILES string of the molecule is COC(=O)COc1cccc(NC(=O)N2CCCC[C@@H]2C)c1. The van der Waals surface area contributed by atoms with Gasteiger partial charge in [0.05, 0.1) is 7.11 Å². The smallest absolute Gasteiger partial charge is 0.343 e. The molecule has 1 N–H and O–H groups in total. The normalized spacial score (nSPS) is 17.7. The maximum absolute atomic E-state index is 12.3. The zero-order valence-electron chi connectivity index (χ0n) is 13.0. The van der Waals surface area contributed by atoms with E-state index in [1.165, 1.54) is 13.5 Å². The molecule has 6 heteroatoms. The van der Waals surface area contributed by atoms with Gasteiger partial charge in [0.2, 0.25) is 0 Å². The summed E-state index contributed by atoms with van der Waals surface area (Å²) in [5.74, 6) is 0.0615. The highest BCUT2D eigenvalue weighted by Crippen LogP contribution is 2.20. The standard InChI is InChI=1S/C16H22N2O4/c1-12-6-3-4-9-18(12)16(20)17-13-7-5-8-14(10-13)22-11-15(19)21-2/h5,7-8,10,12H,3-4,6,9,11H2,1-2H3,(H,17,20)/t12-/m0/s1. The van der Waals surface area contributed by atoms with E-state index in [4.69, 9.17) is 4.74 Å². The number of nitrogens with zero attached hydrogens (tertiary/aromatic N) is 1. The Morgan fingerprint density at radius 1 is 1.36 bits per heavy atom. The summed E-state index contributed by atoms with van der Waals surface area (Å²) in [7, 11) is 1.31. The van der Waals surface area contributed by atoms with Gasteiger partial charge in [0, 0.05) is 24.3 Å². The Hall–Kier alpha value is -2.24. The third kappa shape index (κ3) is 4.38. The van der Waals surface area contributed by atoms with Crippen LogP contribution in [-0.4, -0.2) is 43.2 Å². The number of hydrogen-bond acceptors (Lipinski definition) is 4. The van der Waals surface area contributed by atoms with E-state index in [9.17, 15) is 9.59 Å². The Labute approximate surface area is 130 Å². The number of ether oxygens (including phenoxy) is 2. The fourth-order valence-corrected chi connectivity index (χ4v) is 2.46. The lowest BCUT2D eigenvalue weighted by Gasteiger charge is -2.33. The highest BCUT2D eigenvalue weighted by atomic mass is 16.6. The second-order valence-electron chi connectivity index (χ2n) is 5.36. The lowest BCUT2D eigenvalue weighted by atomic mass is 10.0. The van der Waals surface area contributed by atoms with Crippen molar-refractivity contribution in [3.05, 3.63) is 24.3 Å². The largest absolute Gasteiger partial charge is 0.482 e. The number of likely N-dealkylation sites (tertiary alicyclic amines) is 1. The number of anilines is 1. The molecule has 1 saturated heterocycles. The zero-order chi connectivity index (χ0) is 15.9. The first-order valence-electron chi connectivity index (χ1n) is 7.47. The number of amides is 2. The molecule has 1 aliphatic heterocycles. The topological polar surface area (TPSA) is 67.9 Å². The van der Waals surface area contributed by atoms with Crippen molar-refractivity contribution >= 4 is 17.7 Å². The van der Waals surface area contributed by atoms with Gasteiger partial charge in [-0.05, 0) is 38.3 Å². The molecule has 2 amide bonds. The van der Waals surface area contributed by atoms with Crippen molar-refractivity contribution in [2.75, 3.05) is 25.6 Å². The van der Waals surface area contributed by atoms with E-state index in [0.29, 0.717) is 11.4 Å². The molecule has 1 heterocycles. The summed E-state index contributed by atoms with van der Waals surface area (Å²) >= 11 is 0. The van der Waals surface area contributed by atoms with Gasteiger partial charge in [0.25, 0.3) is 0 Å². The number of benzene rings is 1. The Bertz CT molecular complexity index is 533. The van der Waals surface area contributed by atoms with Crippen LogP contribution in [-0.2, 0) is 9.53 Å². The van der Waals surface area contributed by atoms with Crippen molar-refractivity contribution in [2.45, 2.75) is 32.2 Å². The van der Waals surface area contributed by atoms with Gasteiger partial charge in [-0.1, -0.05) is 6.07 Å². The van der Waals surface area contributed by atoms with Gasteiger partial charge in [-0.15, -0.1) is 0 Å². The van der Waals surface area contributed by atoms with Crippen molar-refractivity contribution < 1.29 is 19.1 Å². The molecule has 0 aromatic heterocycles. The van der Waals surface area contributed by atoms with Crippen LogP contribution in [0.3, 0.4) is 0 Å². The first-order valence-corrected chi connectivity index (χ1v) is 7.47. The lowest BCUT2D eigenvalue weighted by Crippen LogP contribution is -2.44. The lowest BCUT2D eigenvalue weighted by molar-refractivity contribution is -0.142. The van der Waals surface area contributed by atoms with Crippen molar-refractivity contribution in [3.63, 3.8) is 0 Å². The molecule has 0 saturated carbocycles.